The fourth-order valence-corrected chi connectivity index (χ4v) is 1.52. The van der Waals surface area contributed by atoms with Crippen molar-refractivity contribution < 1.29 is 14.3 Å². The Balaban J connectivity index is 3.44. The zero-order valence-corrected chi connectivity index (χ0v) is 8.99. The molecular weight excluding hydrogens is 188 g/mol. The molecule has 0 heterocycles. The molecule has 0 fully saturated rings. The lowest BCUT2D eigenvalue weighted by atomic mass is 10.3. The molecule has 0 N–H and O–H groups in total. The lowest BCUT2D eigenvalue weighted by Crippen LogP contribution is -2.12. The molecule has 4 heteroatoms. The molecule has 0 aromatic carbocycles. The first-order valence-corrected chi connectivity index (χ1v) is 5.61. The second-order valence-corrected chi connectivity index (χ2v) is 3.68. The zero-order valence-electron chi connectivity index (χ0n) is 8.17. The molecule has 0 aliphatic rings. The van der Waals surface area contributed by atoms with E-state index < -0.39 is 5.97 Å². The predicted octanol–water partition coefficient (Wildman–Crippen LogP) is 1.65. The van der Waals surface area contributed by atoms with Crippen molar-refractivity contribution in [1.82, 2.24) is 0 Å². The number of ketones is 1. The Hall–Kier alpha value is -0.510. The van der Waals surface area contributed by atoms with E-state index in [2.05, 4.69) is 11.7 Å². The normalized spacial score (nSPS) is 9.69. The first-order valence-electron chi connectivity index (χ1n) is 4.45. The average Bonchev–Trinajstić information content (AvgIpc) is 2.05. The lowest BCUT2D eigenvalue weighted by Gasteiger charge is -2.00. The van der Waals surface area contributed by atoms with Crippen LogP contribution >= 0.6 is 11.8 Å². The highest BCUT2D eigenvalue weighted by molar-refractivity contribution is 7.99. The Morgan fingerprint density at radius 3 is 2.54 bits per heavy atom. The van der Waals surface area contributed by atoms with Gasteiger partial charge in [-0.05, 0) is 19.1 Å². The Morgan fingerprint density at radius 1 is 1.31 bits per heavy atom. The van der Waals surface area contributed by atoms with Crippen molar-refractivity contribution >= 4 is 23.5 Å². The molecule has 0 spiro atoms. The van der Waals surface area contributed by atoms with Gasteiger partial charge in [-0.3, -0.25) is 9.59 Å². The van der Waals surface area contributed by atoms with Gasteiger partial charge in [0.25, 0.3) is 0 Å². The van der Waals surface area contributed by atoms with Gasteiger partial charge < -0.3 is 4.74 Å². The Labute approximate surface area is 83.2 Å². The third-order valence-corrected chi connectivity index (χ3v) is 2.48. The van der Waals surface area contributed by atoms with Gasteiger partial charge in [0, 0.05) is 0 Å². The Morgan fingerprint density at radius 2 is 2.00 bits per heavy atom. The third kappa shape index (κ3) is 7.84. The topological polar surface area (TPSA) is 43.4 Å². The molecule has 0 saturated heterocycles. The predicted molar refractivity (Wildman–Crippen MR) is 53.9 cm³/mol. The minimum absolute atomic E-state index is 0.0445. The maximum Gasteiger partial charge on any atom is 0.313 e. The van der Waals surface area contributed by atoms with E-state index in [0.29, 0.717) is 12.4 Å². The van der Waals surface area contributed by atoms with Crippen LogP contribution in [-0.4, -0.2) is 29.9 Å². The quantitative estimate of drug-likeness (QED) is 0.359. The largest absolute Gasteiger partial charge is 0.466 e. The van der Waals surface area contributed by atoms with Crippen LogP contribution in [0.5, 0.6) is 0 Å². The second kappa shape index (κ2) is 8.10. The highest BCUT2D eigenvalue weighted by Crippen LogP contribution is 2.03. The summed E-state index contributed by atoms with van der Waals surface area (Å²) in [4.78, 5) is 21.9. The number of ether oxygens (including phenoxy) is 1. The van der Waals surface area contributed by atoms with Crippen LogP contribution in [0.3, 0.4) is 0 Å². The van der Waals surface area contributed by atoms with Crippen LogP contribution in [0.25, 0.3) is 0 Å². The summed E-state index contributed by atoms with van der Waals surface area (Å²) in [6, 6.07) is 0. The molecule has 0 aromatic rings. The maximum absolute atomic E-state index is 11.1. The summed E-state index contributed by atoms with van der Waals surface area (Å²) in [5.74, 6) is 0.933. The van der Waals surface area contributed by atoms with Crippen LogP contribution in [0.1, 0.15) is 26.7 Å². The second-order valence-electron chi connectivity index (χ2n) is 2.57. The van der Waals surface area contributed by atoms with E-state index in [9.17, 15) is 9.59 Å². The van der Waals surface area contributed by atoms with E-state index in [1.807, 2.05) is 0 Å². The number of hydrogen-bond acceptors (Lipinski definition) is 4. The molecule has 0 rings (SSSR count). The summed E-state index contributed by atoms with van der Waals surface area (Å²) in [5, 5.41) is 0. The van der Waals surface area contributed by atoms with E-state index in [-0.39, 0.29) is 12.2 Å². The van der Waals surface area contributed by atoms with Crippen molar-refractivity contribution in [2.45, 2.75) is 26.7 Å². The van der Waals surface area contributed by atoms with E-state index in [0.717, 1.165) is 12.2 Å². The van der Waals surface area contributed by atoms with Crippen molar-refractivity contribution in [3.8, 4) is 0 Å². The van der Waals surface area contributed by atoms with E-state index in [1.54, 1.807) is 18.7 Å². The number of hydrogen-bond donors (Lipinski definition) is 0. The van der Waals surface area contributed by atoms with Crippen LogP contribution in [-0.2, 0) is 14.3 Å². The molecule has 0 unspecified atom stereocenters. The van der Waals surface area contributed by atoms with Crippen LogP contribution in [0.4, 0.5) is 0 Å². The Bertz CT molecular complexity index is 168. The fourth-order valence-electron chi connectivity index (χ4n) is 0.754. The molecule has 76 valence electrons. The molecule has 13 heavy (non-hydrogen) atoms. The molecule has 0 aromatic heterocycles. The van der Waals surface area contributed by atoms with Gasteiger partial charge in [0.05, 0.1) is 12.4 Å². The van der Waals surface area contributed by atoms with Gasteiger partial charge in [0.2, 0.25) is 0 Å². The van der Waals surface area contributed by atoms with Crippen LogP contribution in [0, 0.1) is 0 Å². The van der Waals surface area contributed by atoms with Crippen molar-refractivity contribution in [2.24, 2.45) is 0 Å². The molecule has 0 aliphatic carbocycles. The number of Topliss-reactive ketones (excluding diaryl/α,β-unsaturated/α-hetero) is 1. The molecule has 0 radical (unpaired) electrons. The first-order chi connectivity index (χ1) is 6.20. The first kappa shape index (κ1) is 12.5. The maximum atomic E-state index is 11.1. The standard InChI is InChI=1S/C9H16O3S/c1-3-5-13-7-8(10)6-9(11)12-4-2/h3-7H2,1-2H3. The average molecular weight is 204 g/mol. The molecule has 0 aliphatic heterocycles. The molecule has 0 amide bonds. The van der Waals surface area contributed by atoms with E-state index >= 15 is 0 Å². The van der Waals surface area contributed by atoms with Crippen molar-refractivity contribution in [3.05, 3.63) is 0 Å². The Kier molecular flexibility index (Phi) is 7.79. The summed E-state index contributed by atoms with van der Waals surface area (Å²) in [6.45, 7) is 4.13. The highest BCUT2D eigenvalue weighted by atomic mass is 32.2. The van der Waals surface area contributed by atoms with Crippen molar-refractivity contribution in [3.63, 3.8) is 0 Å². The van der Waals surface area contributed by atoms with Crippen LogP contribution < -0.4 is 0 Å². The fraction of sp³-hybridized carbons (Fsp3) is 0.778. The monoisotopic (exact) mass is 204 g/mol. The third-order valence-electron chi connectivity index (χ3n) is 1.26. The molecule has 0 atom stereocenters. The smallest absolute Gasteiger partial charge is 0.313 e. The van der Waals surface area contributed by atoms with Gasteiger partial charge in [0.1, 0.15) is 6.42 Å². The number of thioether (sulfide) groups is 1. The van der Waals surface area contributed by atoms with Crippen LogP contribution in [0.15, 0.2) is 0 Å². The number of carbonyl (C=O) groups excluding carboxylic acids is 2. The summed E-state index contributed by atoms with van der Waals surface area (Å²) in [5.41, 5.74) is 0. The summed E-state index contributed by atoms with van der Waals surface area (Å²) >= 11 is 1.56. The van der Waals surface area contributed by atoms with Gasteiger partial charge >= 0.3 is 5.97 Å². The molecule has 0 bridgehead atoms. The number of carbonyl (C=O) groups is 2. The summed E-state index contributed by atoms with van der Waals surface area (Å²) in [6.07, 6.45) is 0.974. The van der Waals surface area contributed by atoms with E-state index in [4.69, 9.17) is 0 Å². The van der Waals surface area contributed by atoms with Crippen LogP contribution in [0.2, 0.25) is 0 Å². The minimum atomic E-state index is -0.412. The number of rotatable bonds is 7. The van der Waals surface area contributed by atoms with E-state index in [1.165, 1.54) is 0 Å². The molecule has 3 nitrogen and oxygen atoms in total. The van der Waals surface area contributed by atoms with Crippen molar-refractivity contribution in [2.75, 3.05) is 18.1 Å². The lowest BCUT2D eigenvalue weighted by molar-refractivity contribution is -0.145. The molecule has 0 saturated carbocycles. The van der Waals surface area contributed by atoms with Gasteiger partial charge in [-0.15, -0.1) is 0 Å². The van der Waals surface area contributed by atoms with Gasteiger partial charge in [-0.2, -0.15) is 11.8 Å². The van der Waals surface area contributed by atoms with Crippen molar-refractivity contribution in [1.29, 1.82) is 0 Å². The number of esters is 1. The van der Waals surface area contributed by atoms with Gasteiger partial charge in [-0.25, -0.2) is 0 Å². The summed E-state index contributed by atoms with van der Waals surface area (Å²) < 4.78 is 4.65. The molecular formula is C9H16O3S. The highest BCUT2D eigenvalue weighted by Gasteiger charge is 2.09. The SMILES string of the molecule is CCCSCC(=O)CC(=O)OCC. The summed E-state index contributed by atoms with van der Waals surface area (Å²) in [7, 11) is 0. The zero-order chi connectivity index (χ0) is 10.1. The van der Waals surface area contributed by atoms with Gasteiger partial charge in [0.15, 0.2) is 5.78 Å². The minimum Gasteiger partial charge on any atom is -0.466 e. The van der Waals surface area contributed by atoms with Gasteiger partial charge in [-0.1, -0.05) is 6.92 Å².